The summed E-state index contributed by atoms with van der Waals surface area (Å²) in [6, 6.07) is 0.913. The molecule has 2 unspecified atom stereocenters. The summed E-state index contributed by atoms with van der Waals surface area (Å²) in [5.74, 6) is 0.164. The molecule has 1 aliphatic heterocycles. The van der Waals surface area contributed by atoms with E-state index >= 15 is 0 Å². The molecule has 0 radical (unpaired) electrons. The smallest absolute Gasteiger partial charge is 0.358 e. The number of ether oxygens (including phenoxy) is 1. The highest BCUT2D eigenvalue weighted by atomic mass is 16.5. The van der Waals surface area contributed by atoms with Crippen LogP contribution >= 0.6 is 0 Å². The number of likely N-dealkylation sites (tertiary alicyclic amines) is 1. The summed E-state index contributed by atoms with van der Waals surface area (Å²) in [7, 11) is 3.47. The van der Waals surface area contributed by atoms with Crippen LogP contribution in [0, 0.1) is 0 Å². The molecule has 0 saturated carbocycles. The van der Waals surface area contributed by atoms with E-state index in [1.165, 1.54) is 13.3 Å². The zero-order chi connectivity index (χ0) is 13.8. The number of anilines is 1. The van der Waals surface area contributed by atoms with Gasteiger partial charge < -0.3 is 15.0 Å². The maximum absolute atomic E-state index is 11.4. The Bertz CT molecular complexity index is 452. The molecule has 1 saturated heterocycles. The van der Waals surface area contributed by atoms with E-state index in [1.807, 2.05) is 0 Å². The molecular weight excluding hydrogens is 244 g/mol. The second kappa shape index (κ2) is 5.97. The van der Waals surface area contributed by atoms with Crippen LogP contribution in [0.25, 0.3) is 0 Å². The quantitative estimate of drug-likeness (QED) is 0.826. The fourth-order valence-corrected chi connectivity index (χ4v) is 2.27. The van der Waals surface area contributed by atoms with Crippen molar-refractivity contribution in [3.05, 3.63) is 18.1 Å². The van der Waals surface area contributed by atoms with Gasteiger partial charge in [0.2, 0.25) is 0 Å². The van der Waals surface area contributed by atoms with E-state index in [9.17, 15) is 4.79 Å². The molecule has 1 N–H and O–H groups in total. The number of hydrogen-bond acceptors (Lipinski definition) is 6. The molecule has 0 aliphatic carbocycles. The molecule has 0 amide bonds. The number of nitrogens with zero attached hydrogens (tertiary/aromatic N) is 3. The third kappa shape index (κ3) is 3.41. The maximum Gasteiger partial charge on any atom is 0.358 e. The number of carbonyl (C=O) groups is 1. The number of carbonyl (C=O) groups excluding carboxylic acids is 1. The molecule has 6 heteroatoms. The van der Waals surface area contributed by atoms with E-state index in [-0.39, 0.29) is 5.69 Å². The standard InChI is InChI=1S/C13H20N4O2/c1-9-6-10(4-5-17(9)2)15-12-8-14-7-11(16-12)13(18)19-3/h7-10H,4-6H2,1-3H3,(H,15,16). The molecule has 0 bridgehead atoms. The van der Waals surface area contributed by atoms with Gasteiger partial charge in [-0.15, -0.1) is 0 Å². The highest BCUT2D eigenvalue weighted by Crippen LogP contribution is 2.18. The summed E-state index contributed by atoms with van der Waals surface area (Å²) in [6.07, 6.45) is 5.16. The molecule has 2 atom stereocenters. The van der Waals surface area contributed by atoms with Crippen LogP contribution in [0.4, 0.5) is 5.82 Å². The highest BCUT2D eigenvalue weighted by molar-refractivity contribution is 5.87. The summed E-state index contributed by atoms with van der Waals surface area (Å²) in [5.41, 5.74) is 0.230. The second-order valence-electron chi connectivity index (χ2n) is 4.98. The number of esters is 1. The van der Waals surface area contributed by atoms with Gasteiger partial charge in [0.15, 0.2) is 5.69 Å². The lowest BCUT2D eigenvalue weighted by atomic mass is 9.99. The number of methoxy groups -OCH3 is 1. The Hall–Kier alpha value is -1.69. The summed E-state index contributed by atoms with van der Waals surface area (Å²) >= 11 is 0. The van der Waals surface area contributed by atoms with Gasteiger partial charge >= 0.3 is 5.97 Å². The molecule has 6 nitrogen and oxygen atoms in total. The van der Waals surface area contributed by atoms with Gasteiger partial charge in [0.05, 0.1) is 19.5 Å². The monoisotopic (exact) mass is 264 g/mol. The average molecular weight is 264 g/mol. The molecule has 0 aromatic carbocycles. The molecule has 1 aliphatic rings. The summed E-state index contributed by atoms with van der Waals surface area (Å²) in [6.45, 7) is 3.27. The van der Waals surface area contributed by atoms with Gasteiger partial charge in [0.25, 0.3) is 0 Å². The first kappa shape index (κ1) is 13.7. The van der Waals surface area contributed by atoms with Crippen molar-refractivity contribution in [1.29, 1.82) is 0 Å². The van der Waals surface area contributed by atoms with Gasteiger partial charge in [-0.1, -0.05) is 0 Å². The van der Waals surface area contributed by atoms with Crippen LogP contribution < -0.4 is 5.32 Å². The van der Waals surface area contributed by atoms with E-state index in [1.54, 1.807) is 6.20 Å². The van der Waals surface area contributed by atoms with Gasteiger partial charge in [0.1, 0.15) is 5.82 Å². The van der Waals surface area contributed by atoms with Crippen molar-refractivity contribution < 1.29 is 9.53 Å². The number of nitrogens with one attached hydrogen (secondary N) is 1. The van der Waals surface area contributed by atoms with Gasteiger partial charge in [0, 0.05) is 18.6 Å². The van der Waals surface area contributed by atoms with E-state index < -0.39 is 5.97 Å². The number of hydrogen-bond donors (Lipinski definition) is 1. The van der Waals surface area contributed by atoms with Crippen molar-refractivity contribution in [2.45, 2.75) is 31.8 Å². The van der Waals surface area contributed by atoms with Gasteiger partial charge in [-0.05, 0) is 26.8 Å². The fraction of sp³-hybridized carbons (Fsp3) is 0.615. The lowest BCUT2D eigenvalue weighted by molar-refractivity contribution is 0.0593. The molecule has 2 rings (SSSR count). The van der Waals surface area contributed by atoms with Crippen LogP contribution in [0.2, 0.25) is 0 Å². The molecule has 1 aromatic rings. The Morgan fingerprint density at radius 1 is 1.53 bits per heavy atom. The van der Waals surface area contributed by atoms with Gasteiger partial charge in [-0.25, -0.2) is 9.78 Å². The van der Waals surface area contributed by atoms with Crippen molar-refractivity contribution in [1.82, 2.24) is 14.9 Å². The summed E-state index contributed by atoms with van der Waals surface area (Å²) in [5, 5.41) is 3.34. The van der Waals surface area contributed by atoms with Crippen LogP contribution in [0.3, 0.4) is 0 Å². The number of rotatable bonds is 3. The Kier molecular flexibility index (Phi) is 4.31. The third-order valence-corrected chi connectivity index (χ3v) is 3.59. The minimum atomic E-state index is -0.465. The van der Waals surface area contributed by atoms with Crippen LogP contribution in [-0.4, -0.2) is 53.6 Å². The molecule has 19 heavy (non-hydrogen) atoms. The first-order chi connectivity index (χ1) is 9.10. The second-order valence-corrected chi connectivity index (χ2v) is 4.98. The molecular formula is C13H20N4O2. The molecule has 2 heterocycles. The topological polar surface area (TPSA) is 67.3 Å². The largest absolute Gasteiger partial charge is 0.464 e. The van der Waals surface area contributed by atoms with Crippen molar-refractivity contribution in [3.63, 3.8) is 0 Å². The predicted molar refractivity (Wildman–Crippen MR) is 72.1 cm³/mol. The lowest BCUT2D eigenvalue weighted by Crippen LogP contribution is -2.42. The number of aromatic nitrogens is 2. The van der Waals surface area contributed by atoms with Gasteiger partial charge in [-0.3, -0.25) is 4.98 Å². The molecule has 104 valence electrons. The highest BCUT2D eigenvalue weighted by Gasteiger charge is 2.23. The minimum absolute atomic E-state index is 0.230. The van der Waals surface area contributed by atoms with Crippen molar-refractivity contribution in [3.8, 4) is 0 Å². The normalized spacial score (nSPS) is 23.9. The SMILES string of the molecule is COC(=O)c1cncc(NC2CCN(C)C(C)C2)n1. The zero-order valence-corrected chi connectivity index (χ0v) is 11.6. The van der Waals surface area contributed by atoms with Crippen LogP contribution in [-0.2, 0) is 4.74 Å². The van der Waals surface area contributed by atoms with Gasteiger partial charge in [-0.2, -0.15) is 0 Å². The Morgan fingerprint density at radius 3 is 3.00 bits per heavy atom. The lowest BCUT2D eigenvalue weighted by Gasteiger charge is -2.35. The van der Waals surface area contributed by atoms with Crippen LogP contribution in [0.5, 0.6) is 0 Å². The van der Waals surface area contributed by atoms with E-state index in [2.05, 4.69) is 38.9 Å². The first-order valence-electron chi connectivity index (χ1n) is 6.47. The predicted octanol–water partition coefficient (Wildman–Crippen LogP) is 1.16. The average Bonchev–Trinajstić information content (AvgIpc) is 2.42. The van der Waals surface area contributed by atoms with E-state index in [0.29, 0.717) is 17.9 Å². The minimum Gasteiger partial charge on any atom is -0.464 e. The van der Waals surface area contributed by atoms with Crippen LogP contribution in [0.1, 0.15) is 30.3 Å². The third-order valence-electron chi connectivity index (χ3n) is 3.59. The van der Waals surface area contributed by atoms with Crippen molar-refractivity contribution >= 4 is 11.8 Å². The zero-order valence-electron chi connectivity index (χ0n) is 11.6. The van der Waals surface area contributed by atoms with Crippen molar-refractivity contribution in [2.75, 3.05) is 26.0 Å². The first-order valence-corrected chi connectivity index (χ1v) is 6.47. The fourth-order valence-electron chi connectivity index (χ4n) is 2.27. The van der Waals surface area contributed by atoms with Crippen LogP contribution in [0.15, 0.2) is 12.4 Å². The summed E-state index contributed by atoms with van der Waals surface area (Å²) in [4.78, 5) is 22.0. The maximum atomic E-state index is 11.4. The number of piperidine rings is 1. The Morgan fingerprint density at radius 2 is 2.32 bits per heavy atom. The van der Waals surface area contributed by atoms with E-state index in [4.69, 9.17) is 0 Å². The van der Waals surface area contributed by atoms with E-state index in [0.717, 1.165) is 19.4 Å². The molecule has 1 fully saturated rings. The molecule has 0 spiro atoms. The summed E-state index contributed by atoms with van der Waals surface area (Å²) < 4.78 is 4.64. The molecule has 1 aromatic heterocycles. The Labute approximate surface area is 113 Å². The van der Waals surface area contributed by atoms with Crippen molar-refractivity contribution in [2.24, 2.45) is 0 Å². The Balaban J connectivity index is 2.01.